The molecule has 0 spiro atoms. The van der Waals surface area contributed by atoms with Crippen LogP contribution in [0.25, 0.3) is 0 Å². The van der Waals surface area contributed by atoms with Crippen LogP contribution in [-0.2, 0) is 38.1 Å². The van der Waals surface area contributed by atoms with E-state index in [0.29, 0.717) is 25.0 Å². The van der Waals surface area contributed by atoms with E-state index < -0.39 is 70.1 Å². The summed E-state index contributed by atoms with van der Waals surface area (Å²) in [5.74, 6) is -2.34. The minimum Gasteiger partial charge on any atom is -0.465 e. The molecular formula is C37H46O10. The Morgan fingerprint density at radius 1 is 0.915 bits per heavy atom. The highest BCUT2D eigenvalue weighted by Crippen LogP contribution is 2.76. The summed E-state index contributed by atoms with van der Waals surface area (Å²) < 4.78 is 31.1. The Bertz CT molecular complexity index is 1520. The molecule has 0 aromatic heterocycles. The zero-order chi connectivity index (χ0) is 33.7. The SMILES string of the molecule is CC(=O)OC1CC2C(C)(C3=CCC(C4COC(=O)C4)C31C)C(OC(=O)c1ccccc1)C1OCC3(C)C(O)CC(OC(C)=O)C2(C)C13. The Labute approximate surface area is 275 Å². The van der Waals surface area contributed by atoms with Crippen molar-refractivity contribution in [3.8, 4) is 0 Å². The zero-order valence-electron chi connectivity index (χ0n) is 28.0. The first kappa shape index (κ1) is 32.3. The number of benzene rings is 1. The summed E-state index contributed by atoms with van der Waals surface area (Å²) >= 11 is 0. The molecule has 10 nitrogen and oxygen atoms in total. The summed E-state index contributed by atoms with van der Waals surface area (Å²) in [5.41, 5.74) is -1.59. The highest BCUT2D eigenvalue weighted by molar-refractivity contribution is 5.89. The van der Waals surface area contributed by atoms with Crippen LogP contribution >= 0.6 is 0 Å². The van der Waals surface area contributed by atoms with E-state index in [0.717, 1.165) is 5.57 Å². The molecule has 13 atom stereocenters. The Kier molecular flexibility index (Phi) is 7.49. The molecule has 2 heterocycles. The quantitative estimate of drug-likeness (QED) is 0.277. The van der Waals surface area contributed by atoms with Crippen LogP contribution in [-0.4, -0.2) is 72.7 Å². The van der Waals surface area contributed by atoms with Crippen molar-refractivity contribution in [1.29, 1.82) is 0 Å². The van der Waals surface area contributed by atoms with Gasteiger partial charge in [-0.25, -0.2) is 4.79 Å². The lowest BCUT2D eigenvalue weighted by Crippen LogP contribution is -2.74. The molecule has 10 heteroatoms. The van der Waals surface area contributed by atoms with E-state index in [9.17, 15) is 24.3 Å². The number of ether oxygens (including phenoxy) is 5. The molecule has 0 bridgehead atoms. The van der Waals surface area contributed by atoms with Gasteiger partial charge in [-0.1, -0.05) is 57.5 Å². The van der Waals surface area contributed by atoms with Gasteiger partial charge in [0, 0.05) is 53.8 Å². The van der Waals surface area contributed by atoms with Gasteiger partial charge in [-0.2, -0.15) is 0 Å². The maximum Gasteiger partial charge on any atom is 0.338 e. The van der Waals surface area contributed by atoms with Crippen LogP contribution in [0.5, 0.6) is 0 Å². The Morgan fingerprint density at radius 3 is 2.23 bits per heavy atom. The molecule has 1 N–H and O–H groups in total. The normalized spacial score (nSPS) is 46.3. The largest absolute Gasteiger partial charge is 0.465 e. The molecule has 3 saturated carbocycles. The second kappa shape index (κ2) is 10.9. The number of aliphatic hydroxyl groups excluding tert-OH is 1. The third kappa shape index (κ3) is 4.42. The van der Waals surface area contributed by atoms with Gasteiger partial charge in [0.15, 0.2) is 0 Å². The highest BCUT2D eigenvalue weighted by atomic mass is 16.6. The number of fused-ring (bicyclic) bond motifs is 4. The van der Waals surface area contributed by atoms with Crippen LogP contribution in [0.3, 0.4) is 0 Å². The number of allylic oxidation sites excluding steroid dienone is 1. The third-order valence-electron chi connectivity index (χ3n) is 13.5. The van der Waals surface area contributed by atoms with Crippen LogP contribution in [0.15, 0.2) is 42.0 Å². The van der Waals surface area contributed by atoms with Gasteiger partial charge in [0.25, 0.3) is 0 Å². The minimum absolute atomic E-state index is 0.0608. The van der Waals surface area contributed by atoms with Crippen LogP contribution in [0.4, 0.5) is 0 Å². The molecule has 5 fully saturated rings. The van der Waals surface area contributed by atoms with Gasteiger partial charge >= 0.3 is 23.9 Å². The van der Waals surface area contributed by atoms with E-state index in [2.05, 4.69) is 26.8 Å². The van der Waals surface area contributed by atoms with Crippen molar-refractivity contribution >= 4 is 23.9 Å². The molecule has 7 rings (SSSR count). The van der Waals surface area contributed by atoms with Crippen molar-refractivity contribution in [2.75, 3.05) is 13.2 Å². The van der Waals surface area contributed by atoms with Gasteiger partial charge in [0.05, 0.1) is 37.4 Å². The maximum atomic E-state index is 14.0. The number of hydrogen-bond acceptors (Lipinski definition) is 10. The van der Waals surface area contributed by atoms with E-state index in [-0.39, 0.29) is 49.1 Å². The lowest BCUT2D eigenvalue weighted by atomic mass is 9.35. The number of carbonyl (C=O) groups is 4. The Morgan fingerprint density at radius 2 is 1.60 bits per heavy atom. The highest BCUT2D eigenvalue weighted by Gasteiger charge is 2.79. The first-order valence-corrected chi connectivity index (χ1v) is 16.9. The molecule has 4 aliphatic carbocycles. The summed E-state index contributed by atoms with van der Waals surface area (Å²) in [7, 11) is 0. The predicted octanol–water partition coefficient (Wildman–Crippen LogP) is 4.42. The number of aliphatic hydroxyl groups is 1. The number of rotatable bonds is 5. The van der Waals surface area contributed by atoms with E-state index in [1.54, 1.807) is 24.3 Å². The molecule has 1 aromatic carbocycles. The zero-order valence-corrected chi connectivity index (χ0v) is 28.0. The smallest absolute Gasteiger partial charge is 0.338 e. The van der Waals surface area contributed by atoms with Crippen LogP contribution < -0.4 is 0 Å². The van der Waals surface area contributed by atoms with E-state index in [1.807, 2.05) is 13.0 Å². The number of hydrogen-bond donors (Lipinski definition) is 1. The van der Waals surface area contributed by atoms with Crippen molar-refractivity contribution in [2.45, 2.75) is 97.7 Å². The second-order valence-electron chi connectivity index (χ2n) is 15.7. The number of esters is 4. The molecule has 254 valence electrons. The van der Waals surface area contributed by atoms with Gasteiger partial charge in [-0.15, -0.1) is 0 Å². The van der Waals surface area contributed by atoms with Crippen molar-refractivity contribution in [3.05, 3.63) is 47.5 Å². The molecule has 13 unspecified atom stereocenters. The first-order valence-electron chi connectivity index (χ1n) is 16.9. The molecule has 2 saturated heterocycles. The van der Waals surface area contributed by atoms with E-state index in [4.69, 9.17) is 23.7 Å². The monoisotopic (exact) mass is 650 g/mol. The van der Waals surface area contributed by atoms with Crippen LogP contribution in [0.2, 0.25) is 0 Å². The van der Waals surface area contributed by atoms with Gasteiger partial charge in [0.1, 0.15) is 18.3 Å². The van der Waals surface area contributed by atoms with Crippen molar-refractivity contribution < 1.29 is 48.0 Å². The lowest BCUT2D eigenvalue weighted by molar-refractivity contribution is -0.270. The first-order chi connectivity index (χ1) is 22.2. The molecule has 0 radical (unpaired) electrons. The minimum atomic E-state index is -0.851. The lowest BCUT2D eigenvalue weighted by Gasteiger charge is -2.70. The summed E-state index contributed by atoms with van der Waals surface area (Å²) in [6, 6.07) is 8.87. The fraction of sp³-hybridized carbons (Fsp3) is 0.676. The van der Waals surface area contributed by atoms with Gasteiger partial charge in [0.2, 0.25) is 0 Å². The summed E-state index contributed by atoms with van der Waals surface area (Å²) in [5, 5.41) is 11.6. The number of cyclic esters (lactones) is 1. The van der Waals surface area contributed by atoms with Crippen LogP contribution in [0, 0.1) is 45.3 Å². The van der Waals surface area contributed by atoms with E-state index >= 15 is 0 Å². The van der Waals surface area contributed by atoms with Crippen molar-refractivity contribution in [1.82, 2.24) is 0 Å². The van der Waals surface area contributed by atoms with Gasteiger partial charge < -0.3 is 28.8 Å². The Balaban J connectivity index is 1.43. The molecule has 2 aliphatic heterocycles. The fourth-order valence-electron chi connectivity index (χ4n) is 11.6. The second-order valence-corrected chi connectivity index (χ2v) is 15.7. The standard InChI is InChI=1S/C37H46O10/c1-19(38)45-27-15-25-36(5,24-13-12-23(35(24,27)4)22-14-29(41)43-17-22)32(47-33(42)21-10-8-7-9-11-21)30-31-34(3,18-44-30)26(40)16-28(37(25,31)6)46-20(2)39/h7-11,13,22-23,25-28,30-32,40H,12,14-18H2,1-6H3. The third-order valence-corrected chi connectivity index (χ3v) is 13.5. The predicted molar refractivity (Wildman–Crippen MR) is 166 cm³/mol. The summed E-state index contributed by atoms with van der Waals surface area (Å²) in [6.07, 6.45) is 0.347. The maximum absolute atomic E-state index is 14.0. The summed E-state index contributed by atoms with van der Waals surface area (Å²) in [4.78, 5) is 51.7. The number of carbonyl (C=O) groups excluding carboxylic acids is 4. The van der Waals surface area contributed by atoms with E-state index in [1.165, 1.54) is 13.8 Å². The van der Waals surface area contributed by atoms with Gasteiger partial charge in [-0.05, 0) is 36.8 Å². The molecular weight excluding hydrogens is 604 g/mol. The summed E-state index contributed by atoms with van der Waals surface area (Å²) in [6.45, 7) is 11.7. The van der Waals surface area contributed by atoms with Crippen molar-refractivity contribution in [3.63, 3.8) is 0 Å². The average Bonchev–Trinajstić information content (AvgIpc) is 3.71. The molecule has 1 aromatic rings. The average molecular weight is 651 g/mol. The van der Waals surface area contributed by atoms with Gasteiger partial charge in [-0.3, -0.25) is 14.4 Å². The van der Waals surface area contributed by atoms with Crippen molar-refractivity contribution in [2.24, 2.45) is 45.3 Å². The fourth-order valence-corrected chi connectivity index (χ4v) is 11.6. The molecule has 47 heavy (non-hydrogen) atoms. The molecule has 0 amide bonds. The molecule has 6 aliphatic rings. The Hall–Kier alpha value is -3.24. The van der Waals surface area contributed by atoms with Crippen LogP contribution in [0.1, 0.15) is 77.6 Å². The topological polar surface area (TPSA) is 135 Å².